The lowest BCUT2D eigenvalue weighted by Gasteiger charge is -2.36. The molecule has 31 heavy (non-hydrogen) atoms. The molecule has 3 aromatic rings. The number of para-hydroxylation sites is 1. The van der Waals surface area contributed by atoms with Gasteiger partial charge in [-0.15, -0.1) is 0 Å². The smallest absolute Gasteiger partial charge is 0.145 e. The standard InChI is InChI=1S/C24H30ClN5O/c1-18-8-9-21-19(16-18)24(26-10-5-15-31-2)28-23(27-21)17-29-11-13-30(14-12-29)22-7-4-3-6-20(22)25/h3-4,6-9,16H,5,10-15,17H2,1-2H3,(H,26,27,28). The van der Waals surface area contributed by atoms with Crippen LogP contribution in [-0.4, -0.2) is 61.3 Å². The molecule has 1 aliphatic rings. The summed E-state index contributed by atoms with van der Waals surface area (Å²) in [7, 11) is 1.73. The van der Waals surface area contributed by atoms with Crippen LogP contribution >= 0.6 is 11.6 Å². The van der Waals surface area contributed by atoms with Gasteiger partial charge in [-0.05, 0) is 37.6 Å². The topological polar surface area (TPSA) is 53.5 Å². The van der Waals surface area contributed by atoms with E-state index >= 15 is 0 Å². The predicted octanol–water partition coefficient (Wildman–Crippen LogP) is 4.36. The van der Waals surface area contributed by atoms with Crippen molar-refractivity contribution in [2.24, 2.45) is 0 Å². The average Bonchev–Trinajstić information content (AvgIpc) is 2.78. The molecule has 6 nitrogen and oxygen atoms in total. The third-order valence-corrected chi connectivity index (χ3v) is 5.97. The summed E-state index contributed by atoms with van der Waals surface area (Å²) in [5, 5.41) is 5.38. The number of fused-ring (bicyclic) bond motifs is 1. The van der Waals surface area contributed by atoms with Gasteiger partial charge < -0.3 is 15.0 Å². The summed E-state index contributed by atoms with van der Waals surface area (Å²) < 4.78 is 5.17. The maximum absolute atomic E-state index is 6.38. The number of ether oxygens (including phenoxy) is 1. The lowest BCUT2D eigenvalue weighted by Crippen LogP contribution is -2.46. The van der Waals surface area contributed by atoms with E-state index in [2.05, 4.69) is 46.3 Å². The van der Waals surface area contributed by atoms with Crippen molar-refractivity contribution in [3.8, 4) is 0 Å². The first-order valence-corrected chi connectivity index (χ1v) is 11.2. The van der Waals surface area contributed by atoms with E-state index in [1.807, 2.05) is 18.2 Å². The molecule has 0 unspecified atom stereocenters. The Morgan fingerprint density at radius 1 is 1.06 bits per heavy atom. The molecule has 0 saturated carbocycles. The van der Waals surface area contributed by atoms with Crippen LogP contribution in [0.4, 0.5) is 11.5 Å². The van der Waals surface area contributed by atoms with E-state index in [0.29, 0.717) is 0 Å². The first-order valence-electron chi connectivity index (χ1n) is 10.9. The van der Waals surface area contributed by atoms with Crippen LogP contribution in [0.2, 0.25) is 5.02 Å². The van der Waals surface area contributed by atoms with E-state index in [1.165, 1.54) is 5.56 Å². The summed E-state index contributed by atoms with van der Waals surface area (Å²) in [4.78, 5) is 14.5. The van der Waals surface area contributed by atoms with Crippen LogP contribution in [0.5, 0.6) is 0 Å². The molecule has 1 fully saturated rings. The zero-order valence-electron chi connectivity index (χ0n) is 18.3. The first-order chi connectivity index (χ1) is 15.1. The van der Waals surface area contributed by atoms with Crippen molar-refractivity contribution in [1.29, 1.82) is 0 Å². The fourth-order valence-corrected chi connectivity index (χ4v) is 4.23. The summed E-state index contributed by atoms with van der Waals surface area (Å²) >= 11 is 6.38. The third kappa shape index (κ3) is 5.45. The van der Waals surface area contributed by atoms with Gasteiger partial charge in [0.25, 0.3) is 0 Å². The maximum atomic E-state index is 6.38. The van der Waals surface area contributed by atoms with Crippen molar-refractivity contribution in [2.45, 2.75) is 19.9 Å². The van der Waals surface area contributed by atoms with E-state index in [4.69, 9.17) is 26.3 Å². The van der Waals surface area contributed by atoms with Crippen molar-refractivity contribution < 1.29 is 4.74 Å². The van der Waals surface area contributed by atoms with E-state index in [0.717, 1.165) is 85.6 Å². The van der Waals surface area contributed by atoms with Crippen LogP contribution in [0.15, 0.2) is 42.5 Å². The van der Waals surface area contributed by atoms with Gasteiger partial charge in [0.15, 0.2) is 0 Å². The fourth-order valence-electron chi connectivity index (χ4n) is 3.97. The van der Waals surface area contributed by atoms with Crippen LogP contribution < -0.4 is 10.2 Å². The monoisotopic (exact) mass is 439 g/mol. The molecule has 0 spiro atoms. The minimum Gasteiger partial charge on any atom is -0.385 e. The predicted molar refractivity (Wildman–Crippen MR) is 128 cm³/mol. The number of piperazine rings is 1. The zero-order valence-corrected chi connectivity index (χ0v) is 19.0. The van der Waals surface area contributed by atoms with Gasteiger partial charge in [-0.3, -0.25) is 4.90 Å². The van der Waals surface area contributed by atoms with Crippen molar-refractivity contribution in [3.05, 3.63) is 58.9 Å². The van der Waals surface area contributed by atoms with Crippen molar-refractivity contribution >= 4 is 34.0 Å². The lowest BCUT2D eigenvalue weighted by molar-refractivity contribution is 0.198. The van der Waals surface area contributed by atoms with Crippen LogP contribution in [0, 0.1) is 6.92 Å². The van der Waals surface area contributed by atoms with Crippen LogP contribution in [0.25, 0.3) is 10.9 Å². The van der Waals surface area contributed by atoms with Gasteiger partial charge in [-0.2, -0.15) is 0 Å². The molecule has 7 heteroatoms. The molecule has 1 aromatic heterocycles. The first kappa shape index (κ1) is 21.8. The number of benzene rings is 2. The van der Waals surface area contributed by atoms with Crippen molar-refractivity contribution in [3.63, 3.8) is 0 Å². The van der Waals surface area contributed by atoms with Gasteiger partial charge in [-0.1, -0.05) is 35.4 Å². The molecular weight excluding hydrogens is 410 g/mol. The molecule has 0 aliphatic carbocycles. The van der Waals surface area contributed by atoms with Crippen LogP contribution in [0.1, 0.15) is 17.8 Å². The number of methoxy groups -OCH3 is 1. The highest BCUT2D eigenvalue weighted by Crippen LogP contribution is 2.27. The summed E-state index contributed by atoms with van der Waals surface area (Å²) in [6.07, 6.45) is 0.938. The number of aromatic nitrogens is 2. The van der Waals surface area contributed by atoms with E-state index in [9.17, 15) is 0 Å². The number of hydrogen-bond acceptors (Lipinski definition) is 6. The minimum absolute atomic E-state index is 0.734. The summed E-state index contributed by atoms with van der Waals surface area (Å²) in [5.74, 6) is 1.77. The number of nitrogens with zero attached hydrogens (tertiary/aromatic N) is 4. The summed E-state index contributed by atoms with van der Waals surface area (Å²) in [6, 6.07) is 14.4. The number of aryl methyl sites for hydroxylation is 1. The summed E-state index contributed by atoms with van der Waals surface area (Å²) in [6.45, 7) is 8.19. The van der Waals surface area contributed by atoms with Gasteiger partial charge in [0.05, 0.1) is 22.8 Å². The highest BCUT2D eigenvalue weighted by Gasteiger charge is 2.20. The number of hydrogen-bond donors (Lipinski definition) is 1. The minimum atomic E-state index is 0.734. The molecule has 164 valence electrons. The molecule has 0 atom stereocenters. The Morgan fingerprint density at radius 2 is 1.87 bits per heavy atom. The quantitative estimate of drug-likeness (QED) is 0.526. The second-order valence-electron chi connectivity index (χ2n) is 8.00. The lowest BCUT2D eigenvalue weighted by atomic mass is 10.1. The van der Waals surface area contributed by atoms with Gasteiger partial charge >= 0.3 is 0 Å². The van der Waals surface area contributed by atoms with Crippen molar-refractivity contribution in [1.82, 2.24) is 14.9 Å². The molecule has 2 heterocycles. The molecule has 2 aromatic carbocycles. The Hall–Kier alpha value is -2.41. The molecule has 4 rings (SSSR count). The van der Waals surface area contributed by atoms with Crippen molar-refractivity contribution in [2.75, 3.05) is 56.7 Å². The zero-order chi connectivity index (χ0) is 21.6. The SMILES string of the molecule is COCCCNc1nc(CN2CCN(c3ccccc3Cl)CC2)nc2ccc(C)cc12. The second kappa shape index (κ2) is 10.3. The number of anilines is 2. The largest absolute Gasteiger partial charge is 0.385 e. The van der Waals surface area contributed by atoms with Crippen LogP contribution in [0.3, 0.4) is 0 Å². The Kier molecular flexibility index (Phi) is 7.22. The number of halogens is 1. The molecule has 1 aliphatic heterocycles. The molecule has 0 radical (unpaired) electrons. The Labute approximate surface area is 189 Å². The molecular formula is C24H30ClN5O. The normalized spacial score (nSPS) is 14.9. The Balaban J connectivity index is 1.46. The van der Waals surface area contributed by atoms with E-state index < -0.39 is 0 Å². The second-order valence-corrected chi connectivity index (χ2v) is 8.40. The van der Waals surface area contributed by atoms with Gasteiger partial charge in [0.1, 0.15) is 11.6 Å². The maximum Gasteiger partial charge on any atom is 0.145 e. The number of nitrogens with one attached hydrogen (secondary N) is 1. The van der Waals surface area contributed by atoms with Crippen LogP contribution in [-0.2, 0) is 11.3 Å². The third-order valence-electron chi connectivity index (χ3n) is 5.65. The Bertz CT molecular complexity index is 1020. The van der Waals surface area contributed by atoms with E-state index in [1.54, 1.807) is 7.11 Å². The average molecular weight is 440 g/mol. The molecule has 0 amide bonds. The van der Waals surface area contributed by atoms with Gasteiger partial charge in [-0.25, -0.2) is 9.97 Å². The molecule has 1 saturated heterocycles. The van der Waals surface area contributed by atoms with Gasteiger partial charge in [0, 0.05) is 51.8 Å². The highest BCUT2D eigenvalue weighted by atomic mass is 35.5. The Morgan fingerprint density at radius 3 is 2.65 bits per heavy atom. The molecule has 1 N–H and O–H groups in total. The van der Waals surface area contributed by atoms with E-state index in [-0.39, 0.29) is 0 Å². The highest BCUT2D eigenvalue weighted by molar-refractivity contribution is 6.33. The molecule has 0 bridgehead atoms. The summed E-state index contributed by atoms with van der Waals surface area (Å²) in [5.41, 5.74) is 3.31. The van der Waals surface area contributed by atoms with Gasteiger partial charge in [0.2, 0.25) is 0 Å². The number of rotatable bonds is 8. The fraction of sp³-hybridized carbons (Fsp3) is 0.417.